The standard InChI is InChI=1S/C17H19N3O3/c21-16(20-9-2-1-3-10-20)14-6-4-5-13(11-14)12-23-17(22)15-7-8-18-19-15/h4-8,11H,1-3,9-10,12H2,(H,18,19). The van der Waals surface area contributed by atoms with Crippen LogP contribution in [0.2, 0.25) is 0 Å². The highest BCUT2D eigenvalue weighted by atomic mass is 16.5. The molecule has 0 aliphatic carbocycles. The summed E-state index contributed by atoms with van der Waals surface area (Å²) in [5.74, 6) is -0.415. The number of aromatic nitrogens is 2. The van der Waals surface area contributed by atoms with Gasteiger partial charge in [0.1, 0.15) is 12.3 Å². The van der Waals surface area contributed by atoms with E-state index in [4.69, 9.17) is 4.74 Å². The summed E-state index contributed by atoms with van der Waals surface area (Å²) in [4.78, 5) is 26.1. The van der Waals surface area contributed by atoms with Crippen LogP contribution in [0.4, 0.5) is 0 Å². The van der Waals surface area contributed by atoms with Gasteiger partial charge in [0.05, 0.1) is 0 Å². The number of carbonyl (C=O) groups excluding carboxylic acids is 2. The third kappa shape index (κ3) is 3.77. The lowest BCUT2D eigenvalue weighted by atomic mass is 10.1. The SMILES string of the molecule is O=C(OCc1cccc(C(=O)N2CCCCC2)c1)c1ccn[nH]1. The zero-order valence-electron chi connectivity index (χ0n) is 12.8. The maximum atomic E-state index is 12.5. The fourth-order valence-electron chi connectivity index (χ4n) is 2.67. The first-order valence-electron chi connectivity index (χ1n) is 7.79. The Hall–Kier alpha value is -2.63. The van der Waals surface area contributed by atoms with Crippen LogP contribution in [-0.2, 0) is 11.3 Å². The van der Waals surface area contributed by atoms with E-state index in [0.717, 1.165) is 31.5 Å². The van der Waals surface area contributed by atoms with Crippen molar-refractivity contribution in [2.45, 2.75) is 25.9 Å². The second-order valence-electron chi connectivity index (χ2n) is 5.60. The molecular weight excluding hydrogens is 294 g/mol. The van der Waals surface area contributed by atoms with Crippen molar-refractivity contribution in [1.82, 2.24) is 15.1 Å². The van der Waals surface area contributed by atoms with E-state index >= 15 is 0 Å². The molecule has 0 bridgehead atoms. The maximum Gasteiger partial charge on any atom is 0.356 e. The van der Waals surface area contributed by atoms with E-state index in [2.05, 4.69) is 10.2 Å². The molecule has 1 aliphatic heterocycles. The Kier molecular flexibility index (Phi) is 4.71. The second kappa shape index (κ2) is 7.09. The molecule has 1 aromatic carbocycles. The summed E-state index contributed by atoms with van der Waals surface area (Å²) in [7, 11) is 0. The minimum atomic E-state index is -0.463. The first-order valence-corrected chi connectivity index (χ1v) is 7.79. The number of rotatable bonds is 4. The summed E-state index contributed by atoms with van der Waals surface area (Å²) in [5, 5.41) is 6.27. The number of H-pyrrole nitrogens is 1. The quantitative estimate of drug-likeness (QED) is 0.879. The summed E-state index contributed by atoms with van der Waals surface area (Å²) in [6, 6.07) is 8.80. The molecule has 6 nitrogen and oxygen atoms in total. The van der Waals surface area contributed by atoms with Gasteiger partial charge in [-0.05, 0) is 43.0 Å². The van der Waals surface area contributed by atoms with Crippen molar-refractivity contribution in [3.8, 4) is 0 Å². The predicted molar refractivity (Wildman–Crippen MR) is 83.9 cm³/mol. The van der Waals surface area contributed by atoms with Crippen LogP contribution in [0.15, 0.2) is 36.5 Å². The van der Waals surface area contributed by atoms with E-state index < -0.39 is 5.97 Å². The molecule has 2 aromatic rings. The molecule has 1 N–H and O–H groups in total. The van der Waals surface area contributed by atoms with Crippen LogP contribution >= 0.6 is 0 Å². The normalized spacial score (nSPS) is 14.5. The fourth-order valence-corrected chi connectivity index (χ4v) is 2.67. The molecule has 2 heterocycles. The van der Waals surface area contributed by atoms with Crippen LogP contribution < -0.4 is 0 Å². The van der Waals surface area contributed by atoms with Gasteiger partial charge in [-0.25, -0.2) is 4.79 Å². The van der Waals surface area contributed by atoms with Gasteiger partial charge in [-0.1, -0.05) is 12.1 Å². The van der Waals surface area contributed by atoms with Crippen LogP contribution in [-0.4, -0.2) is 40.1 Å². The molecule has 1 saturated heterocycles. The second-order valence-corrected chi connectivity index (χ2v) is 5.60. The molecule has 0 saturated carbocycles. The summed E-state index contributed by atoms with van der Waals surface area (Å²) in [6.07, 6.45) is 4.81. The van der Waals surface area contributed by atoms with E-state index in [1.807, 2.05) is 17.0 Å². The summed E-state index contributed by atoms with van der Waals surface area (Å²) >= 11 is 0. The first kappa shape index (κ1) is 15.3. The van der Waals surface area contributed by atoms with Gasteiger partial charge >= 0.3 is 5.97 Å². The summed E-state index contributed by atoms with van der Waals surface area (Å²) in [6.45, 7) is 1.76. The molecule has 1 aliphatic rings. The van der Waals surface area contributed by atoms with Crippen molar-refractivity contribution in [2.75, 3.05) is 13.1 Å². The van der Waals surface area contributed by atoms with Crippen molar-refractivity contribution in [3.05, 3.63) is 53.3 Å². The Bertz CT molecular complexity index is 676. The lowest BCUT2D eigenvalue weighted by Crippen LogP contribution is -2.35. The van der Waals surface area contributed by atoms with Crippen molar-refractivity contribution in [3.63, 3.8) is 0 Å². The summed E-state index contributed by atoms with van der Waals surface area (Å²) in [5.41, 5.74) is 1.74. The van der Waals surface area contributed by atoms with Gasteiger partial charge in [0.2, 0.25) is 0 Å². The smallest absolute Gasteiger partial charge is 0.356 e. The van der Waals surface area contributed by atoms with E-state index in [-0.39, 0.29) is 12.5 Å². The highest BCUT2D eigenvalue weighted by molar-refractivity contribution is 5.94. The molecule has 1 amide bonds. The minimum Gasteiger partial charge on any atom is -0.456 e. The Morgan fingerprint density at radius 3 is 2.74 bits per heavy atom. The van der Waals surface area contributed by atoms with E-state index in [0.29, 0.717) is 11.3 Å². The van der Waals surface area contributed by atoms with Crippen LogP contribution in [0.1, 0.15) is 45.7 Å². The van der Waals surface area contributed by atoms with Crippen LogP contribution in [0.25, 0.3) is 0 Å². The third-order valence-corrected chi connectivity index (χ3v) is 3.91. The number of benzene rings is 1. The largest absolute Gasteiger partial charge is 0.456 e. The molecule has 23 heavy (non-hydrogen) atoms. The number of esters is 1. The Labute approximate surface area is 134 Å². The van der Waals surface area contributed by atoms with Crippen molar-refractivity contribution in [1.29, 1.82) is 0 Å². The van der Waals surface area contributed by atoms with Gasteiger partial charge in [0, 0.05) is 24.8 Å². The topological polar surface area (TPSA) is 75.3 Å². The average Bonchev–Trinajstić information content (AvgIpc) is 3.15. The van der Waals surface area contributed by atoms with Gasteiger partial charge in [0.25, 0.3) is 5.91 Å². The number of ether oxygens (including phenoxy) is 1. The van der Waals surface area contributed by atoms with E-state index in [1.165, 1.54) is 12.6 Å². The van der Waals surface area contributed by atoms with Gasteiger partial charge in [-0.2, -0.15) is 5.10 Å². The number of piperidine rings is 1. The van der Waals surface area contributed by atoms with Crippen molar-refractivity contribution in [2.24, 2.45) is 0 Å². The molecule has 0 spiro atoms. The first-order chi connectivity index (χ1) is 11.2. The lowest BCUT2D eigenvalue weighted by molar-refractivity contribution is 0.0465. The van der Waals surface area contributed by atoms with Crippen LogP contribution in [0.5, 0.6) is 0 Å². The highest BCUT2D eigenvalue weighted by Crippen LogP contribution is 2.15. The monoisotopic (exact) mass is 313 g/mol. The third-order valence-electron chi connectivity index (χ3n) is 3.91. The molecule has 6 heteroatoms. The van der Waals surface area contributed by atoms with Crippen molar-refractivity contribution >= 4 is 11.9 Å². The zero-order valence-corrected chi connectivity index (χ0v) is 12.8. The maximum absolute atomic E-state index is 12.5. The number of hydrogen-bond donors (Lipinski definition) is 1. The Morgan fingerprint density at radius 2 is 2.00 bits per heavy atom. The van der Waals surface area contributed by atoms with Crippen LogP contribution in [0.3, 0.4) is 0 Å². The molecule has 1 aromatic heterocycles. The molecule has 120 valence electrons. The number of hydrogen-bond acceptors (Lipinski definition) is 4. The fraction of sp³-hybridized carbons (Fsp3) is 0.353. The lowest BCUT2D eigenvalue weighted by Gasteiger charge is -2.26. The van der Waals surface area contributed by atoms with Gasteiger partial charge in [0.15, 0.2) is 0 Å². The Morgan fingerprint density at radius 1 is 1.17 bits per heavy atom. The molecule has 0 atom stereocenters. The average molecular weight is 313 g/mol. The number of amides is 1. The summed E-state index contributed by atoms with van der Waals surface area (Å²) < 4.78 is 5.22. The molecule has 1 fully saturated rings. The van der Waals surface area contributed by atoms with Crippen molar-refractivity contribution < 1.29 is 14.3 Å². The van der Waals surface area contributed by atoms with Gasteiger partial charge < -0.3 is 9.64 Å². The zero-order chi connectivity index (χ0) is 16.1. The molecule has 3 rings (SSSR count). The number of carbonyl (C=O) groups is 2. The molecule has 0 unspecified atom stereocenters. The van der Waals surface area contributed by atoms with E-state index in [9.17, 15) is 9.59 Å². The number of nitrogens with one attached hydrogen (secondary N) is 1. The predicted octanol–water partition coefficient (Wildman–Crippen LogP) is 2.39. The molecular formula is C17H19N3O3. The number of likely N-dealkylation sites (tertiary alicyclic amines) is 1. The number of nitrogens with zero attached hydrogens (tertiary/aromatic N) is 2. The van der Waals surface area contributed by atoms with E-state index in [1.54, 1.807) is 18.2 Å². The van der Waals surface area contributed by atoms with Crippen LogP contribution in [0, 0.1) is 0 Å². The van der Waals surface area contributed by atoms with Gasteiger partial charge in [-0.3, -0.25) is 9.89 Å². The molecule has 0 radical (unpaired) electrons. The highest BCUT2D eigenvalue weighted by Gasteiger charge is 2.18. The Balaban J connectivity index is 1.62. The number of aromatic amines is 1. The minimum absolute atomic E-state index is 0.0476. The van der Waals surface area contributed by atoms with Gasteiger partial charge in [-0.15, -0.1) is 0 Å².